The summed E-state index contributed by atoms with van der Waals surface area (Å²) < 4.78 is 0. The zero-order valence-corrected chi connectivity index (χ0v) is 9.63. The summed E-state index contributed by atoms with van der Waals surface area (Å²) >= 11 is 0. The van der Waals surface area contributed by atoms with Crippen LogP contribution < -0.4 is 0 Å². The van der Waals surface area contributed by atoms with Gasteiger partial charge in [-0.15, -0.1) is 12.3 Å². The van der Waals surface area contributed by atoms with Crippen molar-refractivity contribution in [3.63, 3.8) is 0 Å². The van der Waals surface area contributed by atoms with Gasteiger partial charge in [0.2, 0.25) is 0 Å². The first-order valence-electron chi connectivity index (χ1n) is 5.88. The van der Waals surface area contributed by atoms with Crippen LogP contribution in [0.15, 0.2) is 24.3 Å². The van der Waals surface area contributed by atoms with Crippen molar-refractivity contribution >= 4 is 0 Å². The molecular weight excluding hydrogens is 180 g/mol. The molecule has 0 amide bonds. The van der Waals surface area contributed by atoms with Crippen LogP contribution in [0.3, 0.4) is 0 Å². The zero-order chi connectivity index (χ0) is 10.9. The lowest BCUT2D eigenvalue weighted by molar-refractivity contribution is 0.666. The molecule has 0 aliphatic carbocycles. The normalized spacial score (nSPS) is 9.87. The lowest BCUT2D eigenvalue weighted by atomic mass is 10.0. The van der Waals surface area contributed by atoms with Crippen LogP contribution in [0.5, 0.6) is 0 Å². The predicted molar refractivity (Wildman–Crippen MR) is 66.8 cm³/mol. The highest BCUT2D eigenvalue weighted by Crippen LogP contribution is 2.10. The first kappa shape index (κ1) is 11.9. The van der Waals surface area contributed by atoms with E-state index >= 15 is 0 Å². The van der Waals surface area contributed by atoms with Crippen LogP contribution in [0.25, 0.3) is 0 Å². The average molecular weight is 200 g/mol. The second kappa shape index (κ2) is 7.12. The standard InChI is InChI=1S/C15H20/c1-3-5-6-7-10-15-12-8-11-14(13-15)9-4-2/h2,8,11-13H,3,5-7,9-10H2,1H3. The van der Waals surface area contributed by atoms with Gasteiger partial charge in [0.05, 0.1) is 0 Å². The minimum atomic E-state index is 0.753. The molecule has 0 saturated carbocycles. The lowest BCUT2D eigenvalue weighted by Crippen LogP contribution is -1.88. The summed E-state index contributed by atoms with van der Waals surface area (Å²) in [4.78, 5) is 0. The Bertz CT molecular complexity index is 317. The van der Waals surface area contributed by atoms with E-state index in [1.165, 1.54) is 43.2 Å². The molecule has 0 atom stereocenters. The van der Waals surface area contributed by atoms with Crippen molar-refractivity contribution in [1.29, 1.82) is 0 Å². The van der Waals surface area contributed by atoms with E-state index in [4.69, 9.17) is 6.42 Å². The van der Waals surface area contributed by atoms with Crippen LogP contribution in [-0.4, -0.2) is 0 Å². The molecule has 15 heavy (non-hydrogen) atoms. The monoisotopic (exact) mass is 200 g/mol. The Kier molecular flexibility index (Phi) is 5.63. The van der Waals surface area contributed by atoms with Gasteiger partial charge in [0.25, 0.3) is 0 Å². The Morgan fingerprint density at radius 1 is 1.13 bits per heavy atom. The number of unbranched alkanes of at least 4 members (excludes halogenated alkanes) is 3. The fourth-order valence-electron chi connectivity index (χ4n) is 1.77. The third-order valence-electron chi connectivity index (χ3n) is 2.62. The van der Waals surface area contributed by atoms with Gasteiger partial charge in [-0.05, 0) is 24.0 Å². The van der Waals surface area contributed by atoms with Crippen LogP contribution in [0.4, 0.5) is 0 Å². The van der Waals surface area contributed by atoms with Crippen molar-refractivity contribution < 1.29 is 0 Å². The SMILES string of the molecule is C#CCc1cccc(CCCCCC)c1. The van der Waals surface area contributed by atoms with Crippen LogP contribution >= 0.6 is 0 Å². The molecule has 0 unspecified atom stereocenters. The molecule has 1 rings (SSSR count). The molecule has 0 saturated heterocycles. The number of rotatable bonds is 6. The molecule has 0 heterocycles. The van der Waals surface area contributed by atoms with Crippen LogP contribution in [-0.2, 0) is 12.8 Å². The van der Waals surface area contributed by atoms with Gasteiger partial charge >= 0.3 is 0 Å². The summed E-state index contributed by atoms with van der Waals surface area (Å²) in [5.41, 5.74) is 2.70. The molecule has 0 bridgehead atoms. The van der Waals surface area contributed by atoms with Crippen LogP contribution in [0, 0.1) is 12.3 Å². The average Bonchev–Trinajstić information content (AvgIpc) is 2.26. The molecule has 1 aromatic carbocycles. The van der Waals surface area contributed by atoms with Gasteiger partial charge in [0.15, 0.2) is 0 Å². The maximum absolute atomic E-state index is 5.30. The summed E-state index contributed by atoms with van der Waals surface area (Å²) in [6.07, 6.45) is 12.5. The molecule has 0 aromatic heterocycles. The van der Waals surface area contributed by atoms with Crippen LogP contribution in [0.1, 0.15) is 43.7 Å². The molecule has 0 aliphatic heterocycles. The molecule has 0 spiro atoms. The van der Waals surface area contributed by atoms with E-state index in [1.54, 1.807) is 0 Å². The highest BCUT2D eigenvalue weighted by Gasteiger charge is 1.95. The molecule has 0 aliphatic rings. The van der Waals surface area contributed by atoms with E-state index in [1.807, 2.05) is 0 Å². The fraction of sp³-hybridized carbons (Fsp3) is 0.467. The van der Waals surface area contributed by atoms with Gasteiger partial charge in [-0.3, -0.25) is 0 Å². The van der Waals surface area contributed by atoms with Gasteiger partial charge in [0.1, 0.15) is 0 Å². The number of hydrogen-bond acceptors (Lipinski definition) is 0. The maximum atomic E-state index is 5.30. The lowest BCUT2D eigenvalue weighted by Gasteiger charge is -2.03. The molecule has 0 N–H and O–H groups in total. The van der Waals surface area contributed by atoms with Crippen molar-refractivity contribution in [1.82, 2.24) is 0 Å². The van der Waals surface area contributed by atoms with E-state index < -0.39 is 0 Å². The molecule has 0 heteroatoms. The number of benzene rings is 1. The van der Waals surface area contributed by atoms with E-state index in [2.05, 4.69) is 37.1 Å². The van der Waals surface area contributed by atoms with Crippen molar-refractivity contribution in [3.8, 4) is 12.3 Å². The largest absolute Gasteiger partial charge is 0.120 e. The summed E-state index contributed by atoms with van der Waals surface area (Å²) in [6.45, 7) is 2.24. The fourth-order valence-corrected chi connectivity index (χ4v) is 1.77. The van der Waals surface area contributed by atoms with Gasteiger partial charge in [0, 0.05) is 6.42 Å². The number of terminal acetylenes is 1. The summed E-state index contributed by atoms with van der Waals surface area (Å²) in [5, 5.41) is 0. The number of hydrogen-bond donors (Lipinski definition) is 0. The Hall–Kier alpha value is -1.22. The summed E-state index contributed by atoms with van der Waals surface area (Å²) in [5.74, 6) is 2.69. The summed E-state index contributed by atoms with van der Waals surface area (Å²) in [7, 11) is 0. The molecule has 0 radical (unpaired) electrons. The predicted octanol–water partition coefficient (Wildman–Crippen LogP) is 3.99. The Morgan fingerprint density at radius 2 is 1.93 bits per heavy atom. The molecule has 80 valence electrons. The number of aryl methyl sites for hydroxylation is 1. The van der Waals surface area contributed by atoms with E-state index in [9.17, 15) is 0 Å². The van der Waals surface area contributed by atoms with Gasteiger partial charge in [-0.2, -0.15) is 0 Å². The second-order valence-corrected chi connectivity index (χ2v) is 4.01. The topological polar surface area (TPSA) is 0 Å². The highest BCUT2D eigenvalue weighted by molar-refractivity contribution is 5.26. The smallest absolute Gasteiger partial charge is 0.0337 e. The quantitative estimate of drug-likeness (QED) is 0.481. The summed E-state index contributed by atoms with van der Waals surface area (Å²) in [6, 6.07) is 8.66. The van der Waals surface area contributed by atoms with Crippen molar-refractivity contribution in [2.75, 3.05) is 0 Å². The Labute approximate surface area is 93.7 Å². The third kappa shape index (κ3) is 4.70. The van der Waals surface area contributed by atoms with E-state index in [0.717, 1.165) is 6.42 Å². The minimum absolute atomic E-state index is 0.753. The zero-order valence-electron chi connectivity index (χ0n) is 9.63. The van der Waals surface area contributed by atoms with Crippen molar-refractivity contribution in [2.45, 2.75) is 45.4 Å². The first-order chi connectivity index (χ1) is 7.36. The molecular formula is C15H20. The Balaban J connectivity index is 2.40. The van der Waals surface area contributed by atoms with Crippen molar-refractivity contribution in [2.24, 2.45) is 0 Å². The van der Waals surface area contributed by atoms with Gasteiger partial charge in [-0.25, -0.2) is 0 Å². The maximum Gasteiger partial charge on any atom is 0.0337 e. The van der Waals surface area contributed by atoms with Crippen LogP contribution in [0.2, 0.25) is 0 Å². The van der Waals surface area contributed by atoms with E-state index in [-0.39, 0.29) is 0 Å². The first-order valence-corrected chi connectivity index (χ1v) is 5.88. The second-order valence-electron chi connectivity index (χ2n) is 4.01. The van der Waals surface area contributed by atoms with Gasteiger partial charge < -0.3 is 0 Å². The highest BCUT2D eigenvalue weighted by atomic mass is 14.0. The molecule has 0 fully saturated rings. The van der Waals surface area contributed by atoms with E-state index in [0.29, 0.717) is 0 Å². The van der Waals surface area contributed by atoms with Crippen molar-refractivity contribution in [3.05, 3.63) is 35.4 Å². The molecule has 1 aromatic rings. The third-order valence-corrected chi connectivity index (χ3v) is 2.62. The minimum Gasteiger partial charge on any atom is -0.120 e. The molecule has 0 nitrogen and oxygen atoms in total. The Morgan fingerprint density at radius 3 is 2.67 bits per heavy atom. The van der Waals surface area contributed by atoms with Gasteiger partial charge in [-0.1, -0.05) is 50.5 Å².